The van der Waals surface area contributed by atoms with Gasteiger partial charge in [-0.2, -0.15) is 0 Å². The van der Waals surface area contributed by atoms with E-state index in [1.807, 2.05) is 30.3 Å². The summed E-state index contributed by atoms with van der Waals surface area (Å²) in [7, 11) is 0. The second kappa shape index (κ2) is 9.89. The predicted octanol–water partition coefficient (Wildman–Crippen LogP) is 1.29. The Labute approximate surface area is 202 Å². The number of ether oxygens (including phenoxy) is 1. The number of hydrogen-bond donors (Lipinski definition) is 3. The lowest BCUT2D eigenvalue weighted by Crippen LogP contribution is -2.59. The third kappa shape index (κ3) is 5.25. The van der Waals surface area contributed by atoms with Crippen LogP contribution in [0.4, 0.5) is 0 Å². The highest BCUT2D eigenvalue weighted by molar-refractivity contribution is 8.18. The lowest BCUT2D eigenvalue weighted by molar-refractivity contribution is -0.146. The van der Waals surface area contributed by atoms with Crippen LogP contribution in [0.5, 0.6) is 0 Å². The van der Waals surface area contributed by atoms with Crippen molar-refractivity contribution in [3.05, 3.63) is 53.5 Å². The average Bonchev–Trinajstić information content (AvgIpc) is 3.19. The van der Waals surface area contributed by atoms with Crippen LogP contribution < -0.4 is 5.32 Å². The number of nitrogens with zero attached hydrogens (tertiary/aromatic N) is 3. The molecule has 1 aromatic carbocycles. The van der Waals surface area contributed by atoms with Gasteiger partial charge < -0.3 is 15.2 Å². The first-order chi connectivity index (χ1) is 16.3. The number of fused-ring (bicyclic) bond motifs is 1. The molecule has 1 saturated heterocycles. The van der Waals surface area contributed by atoms with Gasteiger partial charge in [0.05, 0.1) is 24.8 Å². The number of aliphatic carboxylic acids is 1. The molecule has 1 unspecified atom stereocenters. The number of nitrogens with one attached hydrogen (secondary N) is 2. The summed E-state index contributed by atoms with van der Waals surface area (Å²) in [6.07, 6.45) is 1.45. The largest absolute Gasteiger partial charge is 0.477 e. The second-order valence-corrected chi connectivity index (χ2v) is 10.3. The lowest BCUT2D eigenvalue weighted by Gasteiger charge is -2.48. The van der Waals surface area contributed by atoms with Crippen molar-refractivity contribution in [2.75, 3.05) is 6.61 Å². The molecule has 34 heavy (non-hydrogen) atoms. The molecular weight excluding hydrogens is 482 g/mol. The van der Waals surface area contributed by atoms with Crippen molar-refractivity contribution < 1.29 is 29.0 Å². The van der Waals surface area contributed by atoms with Gasteiger partial charge in [-0.05, 0) is 30.3 Å². The molecule has 0 spiro atoms. The molecule has 3 heterocycles. The number of carbonyl (C=O) groups excluding carboxylic acids is 3. The first-order valence-electron chi connectivity index (χ1n) is 10.4. The number of carboxylic acids is 1. The number of aromatic nitrogens is 3. The number of β-lactam (4-membered cyclic amide) rings is 1. The highest BCUT2D eigenvalue weighted by Crippen LogP contribution is 2.51. The molecule has 11 nitrogen and oxygen atoms in total. The van der Waals surface area contributed by atoms with Gasteiger partial charge in [-0.3, -0.25) is 24.4 Å². The Bertz CT molecular complexity index is 1150. The summed E-state index contributed by atoms with van der Waals surface area (Å²) in [6, 6.07) is 9.12. The minimum atomic E-state index is -1.29. The summed E-state index contributed by atoms with van der Waals surface area (Å²) in [6.45, 7) is 1.93. The third-order valence-electron chi connectivity index (χ3n) is 4.91. The molecule has 13 heteroatoms. The van der Waals surface area contributed by atoms with Gasteiger partial charge in [0, 0.05) is 0 Å². The van der Waals surface area contributed by atoms with Crippen molar-refractivity contribution in [1.29, 1.82) is 0 Å². The molecule has 0 radical (unpaired) electrons. The quantitative estimate of drug-likeness (QED) is 0.259. The zero-order chi connectivity index (χ0) is 24.3. The molecule has 178 valence electrons. The standard InChI is InChI=1S/C21H21N5O6S2/c1-2-32-18(29)9-14-22-20(25-24-14)34-21(23-15(27)8-12-6-4-3-5-7-12)11-13(19(30)31)26-16(28)10-17(26)33-21/h3-7,11,17H,2,8-10H2,1H3,(H,23,27)(H,30,31)(H,22,24,25)/t17-,21?/m1/s1. The summed E-state index contributed by atoms with van der Waals surface area (Å²) >= 11 is 2.25. The Morgan fingerprint density at radius 3 is 2.76 bits per heavy atom. The fourth-order valence-corrected chi connectivity index (χ4v) is 6.39. The van der Waals surface area contributed by atoms with E-state index in [-0.39, 0.29) is 54.4 Å². The SMILES string of the molecule is CCOC(=O)Cc1nc(SC2(NC(=O)Cc3ccccc3)C=C(C(=O)O)N3C(=O)C[C@H]3S2)n[nH]1. The molecule has 3 N–H and O–H groups in total. The molecule has 2 aliphatic rings. The van der Waals surface area contributed by atoms with E-state index in [0.717, 1.165) is 17.3 Å². The number of rotatable bonds is 9. The smallest absolute Gasteiger partial charge is 0.352 e. The molecule has 2 aliphatic heterocycles. The maximum Gasteiger partial charge on any atom is 0.352 e. The number of esters is 1. The van der Waals surface area contributed by atoms with Crippen LogP contribution in [-0.4, -0.2) is 65.1 Å². The summed E-state index contributed by atoms with van der Waals surface area (Å²) in [5.41, 5.74) is 0.577. The molecule has 2 atom stereocenters. The van der Waals surface area contributed by atoms with Crippen molar-refractivity contribution in [3.8, 4) is 0 Å². The number of carboxylic acid groups (broad SMARTS) is 1. The number of carbonyl (C=O) groups is 4. The summed E-state index contributed by atoms with van der Waals surface area (Å²) in [4.78, 5) is 54.1. The van der Waals surface area contributed by atoms with Crippen LogP contribution in [0.3, 0.4) is 0 Å². The fraction of sp³-hybridized carbons (Fsp3) is 0.333. The van der Waals surface area contributed by atoms with Crippen molar-refractivity contribution in [2.45, 2.75) is 40.9 Å². The van der Waals surface area contributed by atoms with Crippen molar-refractivity contribution in [2.24, 2.45) is 0 Å². The maximum absolute atomic E-state index is 12.9. The van der Waals surface area contributed by atoms with Gasteiger partial charge in [0.1, 0.15) is 17.9 Å². The highest BCUT2D eigenvalue weighted by Gasteiger charge is 2.52. The second-order valence-electron chi connectivity index (χ2n) is 7.40. The monoisotopic (exact) mass is 503 g/mol. The molecule has 0 aliphatic carbocycles. The van der Waals surface area contributed by atoms with Crippen LogP contribution in [0.15, 0.2) is 47.3 Å². The predicted molar refractivity (Wildman–Crippen MR) is 122 cm³/mol. The van der Waals surface area contributed by atoms with Gasteiger partial charge in [-0.1, -0.05) is 42.1 Å². The Hall–Kier alpha value is -3.32. The molecule has 1 fully saturated rings. The Balaban J connectivity index is 1.61. The molecule has 2 amide bonds. The van der Waals surface area contributed by atoms with Gasteiger partial charge in [-0.15, -0.1) is 5.10 Å². The summed E-state index contributed by atoms with van der Waals surface area (Å²) in [5.74, 6) is -2.11. The van der Waals surface area contributed by atoms with Gasteiger partial charge in [-0.25, -0.2) is 9.78 Å². The summed E-state index contributed by atoms with van der Waals surface area (Å²) < 4.78 is 3.62. The van der Waals surface area contributed by atoms with E-state index < -0.39 is 21.5 Å². The highest BCUT2D eigenvalue weighted by atomic mass is 32.2. The van der Waals surface area contributed by atoms with E-state index in [4.69, 9.17) is 4.74 Å². The Morgan fingerprint density at radius 1 is 1.32 bits per heavy atom. The number of amides is 2. The normalized spacial score (nSPS) is 21.2. The molecule has 0 bridgehead atoms. The zero-order valence-electron chi connectivity index (χ0n) is 18.0. The van der Waals surface area contributed by atoms with Crippen LogP contribution in [0, 0.1) is 0 Å². The van der Waals surface area contributed by atoms with Gasteiger partial charge in [0.25, 0.3) is 0 Å². The van der Waals surface area contributed by atoms with Crippen molar-refractivity contribution in [3.63, 3.8) is 0 Å². The van der Waals surface area contributed by atoms with Crippen LogP contribution in [0.2, 0.25) is 0 Å². The van der Waals surface area contributed by atoms with E-state index in [1.165, 1.54) is 22.7 Å². The van der Waals surface area contributed by atoms with Crippen LogP contribution in [0.25, 0.3) is 0 Å². The van der Waals surface area contributed by atoms with E-state index >= 15 is 0 Å². The van der Waals surface area contributed by atoms with Crippen LogP contribution in [0.1, 0.15) is 24.7 Å². The molecule has 0 saturated carbocycles. The van der Waals surface area contributed by atoms with E-state index in [0.29, 0.717) is 0 Å². The third-order valence-corrected chi connectivity index (χ3v) is 7.56. The number of aromatic amines is 1. The molecule has 4 rings (SSSR count). The Morgan fingerprint density at radius 2 is 2.09 bits per heavy atom. The van der Waals surface area contributed by atoms with Gasteiger partial charge in [0.2, 0.25) is 17.0 Å². The Kier molecular flexibility index (Phi) is 6.93. The number of benzene rings is 1. The number of H-pyrrole nitrogens is 1. The number of thioether (sulfide) groups is 2. The summed E-state index contributed by atoms with van der Waals surface area (Å²) in [5, 5.41) is 19.1. The molecule has 2 aromatic rings. The average molecular weight is 504 g/mol. The van der Waals surface area contributed by atoms with Gasteiger partial charge in [0.15, 0.2) is 4.20 Å². The zero-order valence-corrected chi connectivity index (χ0v) is 19.6. The first-order valence-corrected chi connectivity index (χ1v) is 12.0. The molecule has 1 aromatic heterocycles. The van der Waals surface area contributed by atoms with E-state index in [1.54, 1.807) is 6.92 Å². The maximum atomic E-state index is 12.9. The van der Waals surface area contributed by atoms with Crippen molar-refractivity contribution >= 4 is 47.3 Å². The fourth-order valence-electron chi connectivity index (χ4n) is 3.47. The van der Waals surface area contributed by atoms with Crippen molar-refractivity contribution in [1.82, 2.24) is 25.4 Å². The number of hydrogen-bond acceptors (Lipinski definition) is 9. The minimum Gasteiger partial charge on any atom is -0.477 e. The van der Waals surface area contributed by atoms with Gasteiger partial charge >= 0.3 is 11.9 Å². The topological polar surface area (TPSA) is 155 Å². The first kappa shape index (κ1) is 23.8. The lowest BCUT2D eigenvalue weighted by atomic mass is 10.1. The van der Waals surface area contributed by atoms with Crippen LogP contribution >= 0.6 is 23.5 Å². The molecular formula is C21H21N5O6S2. The van der Waals surface area contributed by atoms with E-state index in [9.17, 15) is 24.3 Å². The van der Waals surface area contributed by atoms with Crippen LogP contribution in [-0.2, 0) is 36.8 Å². The minimum absolute atomic E-state index is 0.0787. The van der Waals surface area contributed by atoms with E-state index in [2.05, 4.69) is 20.5 Å².